The van der Waals surface area contributed by atoms with E-state index in [0.29, 0.717) is 43.1 Å². The van der Waals surface area contributed by atoms with Crippen molar-refractivity contribution < 1.29 is 9.21 Å². The lowest BCUT2D eigenvalue weighted by atomic mass is 10.2. The molecule has 1 amide bonds. The van der Waals surface area contributed by atoms with Gasteiger partial charge in [0.1, 0.15) is 16.9 Å². The van der Waals surface area contributed by atoms with Gasteiger partial charge in [0.2, 0.25) is 11.5 Å². The first-order valence-electron chi connectivity index (χ1n) is 10.3. The zero-order chi connectivity index (χ0) is 21.3. The number of amides is 1. The van der Waals surface area contributed by atoms with Crippen LogP contribution < -0.4 is 5.56 Å². The number of rotatable bonds is 6. The van der Waals surface area contributed by atoms with Crippen LogP contribution in [0, 0.1) is 0 Å². The van der Waals surface area contributed by atoms with Crippen molar-refractivity contribution in [2.75, 3.05) is 45.8 Å². The van der Waals surface area contributed by atoms with Crippen molar-refractivity contribution in [1.29, 1.82) is 0 Å². The minimum atomic E-state index is -0.268. The van der Waals surface area contributed by atoms with Gasteiger partial charge in [-0.25, -0.2) is 4.98 Å². The Labute approximate surface area is 183 Å². The molecule has 4 rings (SSSR count). The maximum absolute atomic E-state index is 12.5. The molecule has 1 aliphatic rings. The van der Waals surface area contributed by atoms with E-state index in [-0.39, 0.29) is 17.0 Å². The fourth-order valence-corrected chi connectivity index (χ4v) is 4.21. The largest absolute Gasteiger partial charge is 0.449 e. The van der Waals surface area contributed by atoms with Crippen LogP contribution in [-0.4, -0.2) is 76.4 Å². The molecule has 1 saturated heterocycles. The van der Waals surface area contributed by atoms with Gasteiger partial charge in [-0.15, -0.1) is 0 Å². The Hall–Kier alpha value is -2.23. The van der Waals surface area contributed by atoms with Crippen LogP contribution in [0.5, 0.6) is 0 Å². The molecular weight excluding hydrogens is 450 g/mol. The fourth-order valence-electron chi connectivity index (χ4n) is 3.85. The molecule has 1 fully saturated rings. The number of furan rings is 1. The number of carbonyl (C=O) groups excluding carboxylic acids is 1. The topological polar surface area (TPSA) is 85.7 Å². The Morgan fingerprint density at radius 3 is 2.67 bits per heavy atom. The van der Waals surface area contributed by atoms with E-state index < -0.39 is 0 Å². The first-order chi connectivity index (χ1) is 14.5. The van der Waals surface area contributed by atoms with Gasteiger partial charge in [-0.2, -0.15) is 0 Å². The second-order valence-electron chi connectivity index (χ2n) is 7.55. The molecule has 0 aliphatic carbocycles. The third-order valence-electron chi connectivity index (χ3n) is 5.69. The molecule has 3 heterocycles. The predicted octanol–water partition coefficient (Wildman–Crippen LogP) is 2.42. The van der Waals surface area contributed by atoms with E-state index in [2.05, 4.69) is 49.5 Å². The summed E-state index contributed by atoms with van der Waals surface area (Å²) in [6.07, 6.45) is 0. The molecule has 0 spiro atoms. The second kappa shape index (κ2) is 8.87. The Morgan fingerprint density at radius 1 is 1.23 bits per heavy atom. The third kappa shape index (κ3) is 4.28. The number of hydrogen-bond donors (Lipinski definition) is 1. The summed E-state index contributed by atoms with van der Waals surface area (Å²) in [5.74, 6) is 0.792. The quantitative estimate of drug-likeness (QED) is 0.589. The summed E-state index contributed by atoms with van der Waals surface area (Å²) >= 11 is 3.46. The van der Waals surface area contributed by atoms with Crippen LogP contribution in [0.1, 0.15) is 19.7 Å². The number of nitrogens with zero attached hydrogens (tertiary/aromatic N) is 4. The standard InChI is InChI=1S/C21H26BrN5O3/c1-3-25(4-2)13-18(28)27-9-7-26(8-10-27)12-17-23-19-15-11-14(22)5-6-16(15)30-20(19)21(29)24-17/h5-6,11H,3-4,7-10,12-13H2,1-2H3,(H,23,24,29). The Kier molecular flexibility index (Phi) is 6.21. The van der Waals surface area contributed by atoms with Gasteiger partial charge in [-0.3, -0.25) is 19.4 Å². The maximum atomic E-state index is 12.5. The van der Waals surface area contributed by atoms with Gasteiger partial charge >= 0.3 is 0 Å². The number of halogens is 1. The first-order valence-corrected chi connectivity index (χ1v) is 11.1. The normalized spacial score (nSPS) is 15.5. The van der Waals surface area contributed by atoms with Gasteiger partial charge < -0.3 is 14.3 Å². The van der Waals surface area contributed by atoms with Crippen LogP contribution in [0.25, 0.3) is 22.1 Å². The number of fused-ring (bicyclic) bond motifs is 3. The molecule has 0 atom stereocenters. The Balaban J connectivity index is 1.45. The highest BCUT2D eigenvalue weighted by Gasteiger charge is 2.23. The minimum absolute atomic E-state index is 0.182. The highest BCUT2D eigenvalue weighted by atomic mass is 79.9. The van der Waals surface area contributed by atoms with Crippen molar-refractivity contribution in [3.63, 3.8) is 0 Å². The Bertz CT molecular complexity index is 1110. The van der Waals surface area contributed by atoms with Crippen molar-refractivity contribution in [2.24, 2.45) is 0 Å². The molecule has 1 aromatic carbocycles. The fraction of sp³-hybridized carbons (Fsp3) is 0.476. The molecule has 0 radical (unpaired) electrons. The number of H-pyrrole nitrogens is 1. The van der Waals surface area contributed by atoms with Crippen LogP contribution >= 0.6 is 15.9 Å². The smallest absolute Gasteiger partial charge is 0.294 e. The van der Waals surface area contributed by atoms with Gasteiger partial charge in [0.25, 0.3) is 5.56 Å². The van der Waals surface area contributed by atoms with E-state index in [1.807, 2.05) is 23.1 Å². The van der Waals surface area contributed by atoms with E-state index in [1.54, 1.807) is 0 Å². The van der Waals surface area contributed by atoms with Crippen LogP contribution in [0.3, 0.4) is 0 Å². The zero-order valence-electron chi connectivity index (χ0n) is 17.3. The summed E-state index contributed by atoms with van der Waals surface area (Å²) in [7, 11) is 0. The SMILES string of the molecule is CCN(CC)CC(=O)N1CCN(Cc2nc3c(oc4ccc(Br)cc43)c(=O)[nH]2)CC1. The van der Waals surface area contributed by atoms with Gasteiger partial charge in [0.15, 0.2) is 0 Å². The van der Waals surface area contributed by atoms with Crippen LogP contribution in [-0.2, 0) is 11.3 Å². The molecule has 30 heavy (non-hydrogen) atoms. The van der Waals surface area contributed by atoms with Gasteiger partial charge in [-0.05, 0) is 31.3 Å². The molecule has 160 valence electrons. The number of likely N-dealkylation sites (N-methyl/N-ethyl adjacent to an activating group) is 1. The van der Waals surface area contributed by atoms with Crippen molar-refractivity contribution >= 4 is 43.9 Å². The van der Waals surface area contributed by atoms with Gasteiger partial charge in [0, 0.05) is 36.0 Å². The third-order valence-corrected chi connectivity index (χ3v) is 6.18. The van der Waals surface area contributed by atoms with Crippen molar-refractivity contribution in [3.8, 4) is 0 Å². The highest BCUT2D eigenvalue weighted by Crippen LogP contribution is 2.27. The predicted molar refractivity (Wildman–Crippen MR) is 119 cm³/mol. The summed E-state index contributed by atoms with van der Waals surface area (Å²) in [6, 6.07) is 5.62. The van der Waals surface area contributed by atoms with E-state index >= 15 is 0 Å². The number of piperazine rings is 1. The average Bonchev–Trinajstić information content (AvgIpc) is 3.11. The molecule has 8 nitrogen and oxygen atoms in total. The lowest BCUT2D eigenvalue weighted by Gasteiger charge is -2.35. The molecule has 2 aromatic heterocycles. The summed E-state index contributed by atoms with van der Waals surface area (Å²) in [5.41, 5.74) is 1.20. The van der Waals surface area contributed by atoms with Gasteiger partial charge in [-0.1, -0.05) is 29.8 Å². The van der Waals surface area contributed by atoms with Crippen LogP contribution in [0.4, 0.5) is 0 Å². The molecule has 0 saturated carbocycles. The zero-order valence-corrected chi connectivity index (χ0v) is 18.9. The number of hydrogen-bond acceptors (Lipinski definition) is 6. The van der Waals surface area contributed by atoms with E-state index in [4.69, 9.17) is 4.42 Å². The average molecular weight is 476 g/mol. The molecular formula is C21H26BrN5O3. The summed E-state index contributed by atoms with van der Waals surface area (Å²) in [5, 5.41) is 0.818. The number of aromatic nitrogens is 2. The second-order valence-corrected chi connectivity index (χ2v) is 8.47. The summed E-state index contributed by atoms with van der Waals surface area (Å²) in [6.45, 7) is 9.79. The van der Waals surface area contributed by atoms with E-state index in [1.165, 1.54) is 0 Å². The number of carbonyl (C=O) groups is 1. The van der Waals surface area contributed by atoms with E-state index in [0.717, 1.165) is 36.0 Å². The first kappa shape index (κ1) is 21.0. The number of benzene rings is 1. The lowest BCUT2D eigenvalue weighted by molar-refractivity contribution is -0.134. The lowest BCUT2D eigenvalue weighted by Crippen LogP contribution is -2.51. The number of aromatic amines is 1. The molecule has 3 aromatic rings. The molecule has 9 heteroatoms. The van der Waals surface area contributed by atoms with Crippen LogP contribution in [0.15, 0.2) is 31.9 Å². The molecule has 0 unspecified atom stereocenters. The highest BCUT2D eigenvalue weighted by molar-refractivity contribution is 9.10. The van der Waals surface area contributed by atoms with Crippen molar-refractivity contribution in [1.82, 2.24) is 24.7 Å². The van der Waals surface area contributed by atoms with Crippen LogP contribution in [0.2, 0.25) is 0 Å². The van der Waals surface area contributed by atoms with Gasteiger partial charge in [0.05, 0.1) is 13.1 Å². The summed E-state index contributed by atoms with van der Waals surface area (Å²) < 4.78 is 6.59. The molecule has 0 bridgehead atoms. The van der Waals surface area contributed by atoms with Crippen molar-refractivity contribution in [2.45, 2.75) is 20.4 Å². The summed E-state index contributed by atoms with van der Waals surface area (Å²) in [4.78, 5) is 38.8. The van der Waals surface area contributed by atoms with E-state index in [9.17, 15) is 9.59 Å². The number of nitrogens with one attached hydrogen (secondary N) is 1. The molecule has 1 N–H and O–H groups in total. The minimum Gasteiger partial charge on any atom is -0.449 e. The van der Waals surface area contributed by atoms with Crippen molar-refractivity contribution in [3.05, 3.63) is 38.9 Å². The monoisotopic (exact) mass is 475 g/mol. The molecule has 1 aliphatic heterocycles. The Morgan fingerprint density at radius 2 is 1.97 bits per heavy atom. The maximum Gasteiger partial charge on any atom is 0.294 e.